The lowest BCUT2D eigenvalue weighted by atomic mass is 9.94. The molecule has 1 aliphatic rings. The summed E-state index contributed by atoms with van der Waals surface area (Å²) < 4.78 is 48.0. The summed E-state index contributed by atoms with van der Waals surface area (Å²) in [5, 5.41) is 0. The average Bonchev–Trinajstić information content (AvgIpc) is 3.42. The SMILES string of the molecule is C=CC(=O)N(c1c(C)c(F)c(F)c(F)c1Cc1ccc(N(C)c2ccncc2)cc1)C1CCN(Cc2nc3ccccc3n2C)CC1. The van der Waals surface area contributed by atoms with Gasteiger partial charge in [0.2, 0.25) is 0 Å². The Morgan fingerprint density at radius 3 is 2.28 bits per heavy atom. The lowest BCUT2D eigenvalue weighted by Gasteiger charge is -2.39. The van der Waals surface area contributed by atoms with Crippen LogP contribution in [-0.2, 0) is 24.8 Å². The Hall–Kier alpha value is -4.96. The average molecular weight is 639 g/mol. The molecule has 0 spiro atoms. The fourth-order valence-electron chi connectivity index (χ4n) is 6.52. The van der Waals surface area contributed by atoms with Crippen LogP contribution in [0.4, 0.5) is 30.2 Å². The molecule has 3 aromatic carbocycles. The number of imidazole rings is 1. The van der Waals surface area contributed by atoms with Gasteiger partial charge in [0, 0.05) is 74.5 Å². The summed E-state index contributed by atoms with van der Waals surface area (Å²) >= 11 is 0. The number of fused-ring (bicyclic) bond motifs is 1. The van der Waals surface area contributed by atoms with Crippen molar-refractivity contribution < 1.29 is 18.0 Å². The van der Waals surface area contributed by atoms with Crippen LogP contribution in [0.1, 0.15) is 35.4 Å². The zero-order valence-corrected chi connectivity index (χ0v) is 26.8. The van der Waals surface area contributed by atoms with Crippen LogP contribution in [0.2, 0.25) is 0 Å². The van der Waals surface area contributed by atoms with Crippen molar-refractivity contribution in [3.8, 4) is 0 Å². The van der Waals surface area contributed by atoms with Gasteiger partial charge in [-0.3, -0.25) is 14.7 Å². The van der Waals surface area contributed by atoms with Crippen LogP contribution >= 0.6 is 0 Å². The van der Waals surface area contributed by atoms with Crippen LogP contribution in [0.5, 0.6) is 0 Å². The summed E-state index contributed by atoms with van der Waals surface area (Å²) in [6.45, 7) is 6.98. The first-order valence-corrected chi connectivity index (χ1v) is 15.6. The quantitative estimate of drug-likeness (QED) is 0.126. The third-order valence-electron chi connectivity index (χ3n) is 9.20. The fourth-order valence-corrected chi connectivity index (χ4v) is 6.52. The number of hydrogen-bond donors (Lipinski definition) is 0. The van der Waals surface area contributed by atoms with Crippen molar-refractivity contribution in [2.24, 2.45) is 7.05 Å². The monoisotopic (exact) mass is 638 g/mol. The molecule has 0 saturated carbocycles. The van der Waals surface area contributed by atoms with Gasteiger partial charge in [0.15, 0.2) is 17.5 Å². The highest BCUT2D eigenvalue weighted by molar-refractivity contribution is 6.02. The molecule has 0 N–H and O–H groups in total. The number of carbonyl (C=O) groups is 1. The van der Waals surface area contributed by atoms with Crippen molar-refractivity contribution in [1.29, 1.82) is 0 Å². The first kappa shape index (κ1) is 32.0. The summed E-state index contributed by atoms with van der Waals surface area (Å²) in [6.07, 6.45) is 5.64. The molecule has 7 nitrogen and oxygen atoms in total. The van der Waals surface area contributed by atoms with Crippen LogP contribution in [0, 0.1) is 24.4 Å². The molecule has 1 fully saturated rings. The van der Waals surface area contributed by atoms with E-state index in [9.17, 15) is 9.18 Å². The molecule has 1 aliphatic heterocycles. The van der Waals surface area contributed by atoms with Gasteiger partial charge in [-0.05, 0) is 67.8 Å². The number of pyridine rings is 1. The van der Waals surface area contributed by atoms with E-state index in [1.165, 1.54) is 11.8 Å². The van der Waals surface area contributed by atoms with Crippen molar-refractivity contribution >= 4 is 34.0 Å². The number of piperidine rings is 1. The maximum Gasteiger partial charge on any atom is 0.250 e. The molecule has 0 unspecified atom stereocenters. The van der Waals surface area contributed by atoms with E-state index < -0.39 is 23.4 Å². The lowest BCUT2D eigenvalue weighted by molar-refractivity contribution is -0.114. The summed E-state index contributed by atoms with van der Waals surface area (Å²) in [7, 11) is 3.92. The summed E-state index contributed by atoms with van der Waals surface area (Å²) in [5.74, 6) is -3.68. The van der Waals surface area contributed by atoms with E-state index in [0.717, 1.165) is 34.3 Å². The number of likely N-dealkylation sites (tertiary alicyclic amines) is 1. The molecule has 47 heavy (non-hydrogen) atoms. The molecular formula is C37H37F3N6O. The summed E-state index contributed by atoms with van der Waals surface area (Å²) in [6, 6.07) is 18.8. The third-order valence-corrected chi connectivity index (χ3v) is 9.20. The van der Waals surface area contributed by atoms with E-state index in [1.54, 1.807) is 12.4 Å². The minimum Gasteiger partial charge on any atom is -0.345 e. The highest BCUT2D eigenvalue weighted by Gasteiger charge is 2.34. The number of carbonyl (C=O) groups excluding carboxylic acids is 1. The zero-order valence-electron chi connectivity index (χ0n) is 26.8. The molecular weight excluding hydrogens is 601 g/mol. The number of halogens is 3. The minimum atomic E-state index is -1.54. The summed E-state index contributed by atoms with van der Waals surface area (Å²) in [5.41, 5.74) is 4.40. The molecule has 5 aromatic rings. The molecule has 1 saturated heterocycles. The highest BCUT2D eigenvalue weighted by Crippen LogP contribution is 2.37. The van der Waals surface area contributed by atoms with Crippen molar-refractivity contribution in [1.82, 2.24) is 19.4 Å². The van der Waals surface area contributed by atoms with Crippen LogP contribution in [0.15, 0.2) is 85.7 Å². The van der Waals surface area contributed by atoms with E-state index in [1.807, 2.05) is 79.7 Å². The first-order valence-electron chi connectivity index (χ1n) is 15.6. The zero-order chi connectivity index (χ0) is 33.2. The first-order chi connectivity index (χ1) is 22.7. The van der Waals surface area contributed by atoms with Crippen molar-refractivity contribution in [2.75, 3.05) is 29.9 Å². The van der Waals surface area contributed by atoms with E-state index in [4.69, 9.17) is 4.98 Å². The number of anilines is 3. The molecule has 0 radical (unpaired) electrons. The summed E-state index contributed by atoms with van der Waals surface area (Å²) in [4.78, 5) is 28.0. The number of nitrogens with zero attached hydrogens (tertiary/aromatic N) is 6. The predicted octanol–water partition coefficient (Wildman–Crippen LogP) is 7.24. The maximum atomic E-state index is 15.7. The highest BCUT2D eigenvalue weighted by atomic mass is 19.2. The number of aromatic nitrogens is 3. The Bertz CT molecular complexity index is 1920. The standard InChI is InChI=1S/C37H37F3N6O/c1-5-33(47)46(28-16-20-45(21-17-28)23-32-42-30-8-6-7-9-31(30)44(32)4)37-24(2)34(38)36(40)35(39)29(37)22-25-10-12-26(13-11-25)43(3)27-14-18-41-19-15-27/h5-15,18-19,28H,1,16-17,20-23H2,2-4H3. The van der Waals surface area contributed by atoms with Crippen molar-refractivity contribution in [3.05, 3.63) is 126 Å². The van der Waals surface area contributed by atoms with E-state index >= 15 is 8.78 Å². The smallest absolute Gasteiger partial charge is 0.250 e. The fraction of sp³-hybridized carbons (Fsp3) is 0.270. The Morgan fingerprint density at radius 2 is 1.62 bits per heavy atom. The second kappa shape index (κ2) is 13.4. The van der Waals surface area contributed by atoms with Gasteiger partial charge in [0.25, 0.3) is 5.91 Å². The molecule has 1 amide bonds. The van der Waals surface area contributed by atoms with Gasteiger partial charge < -0.3 is 14.4 Å². The van der Waals surface area contributed by atoms with Crippen molar-refractivity contribution in [3.63, 3.8) is 0 Å². The largest absolute Gasteiger partial charge is 0.345 e. The number of rotatable bonds is 9. The molecule has 0 atom stereocenters. The Kier molecular flexibility index (Phi) is 9.13. The van der Waals surface area contributed by atoms with E-state index in [0.29, 0.717) is 38.0 Å². The number of amides is 1. The van der Waals surface area contributed by atoms with Gasteiger partial charge >= 0.3 is 0 Å². The Morgan fingerprint density at radius 1 is 0.957 bits per heavy atom. The van der Waals surface area contributed by atoms with Gasteiger partial charge in [-0.15, -0.1) is 0 Å². The third kappa shape index (κ3) is 6.25. The van der Waals surface area contributed by atoms with Gasteiger partial charge in [-0.25, -0.2) is 18.2 Å². The molecule has 242 valence electrons. The molecule has 0 aliphatic carbocycles. The topological polar surface area (TPSA) is 57.5 Å². The second-order valence-corrected chi connectivity index (χ2v) is 12.0. The number of benzene rings is 3. The number of aryl methyl sites for hydroxylation is 1. The second-order valence-electron chi connectivity index (χ2n) is 12.0. The maximum absolute atomic E-state index is 15.7. The normalized spacial score (nSPS) is 14.0. The minimum absolute atomic E-state index is 0.0368. The van der Waals surface area contributed by atoms with Gasteiger partial charge in [0.05, 0.1) is 23.3 Å². The molecule has 3 heterocycles. The predicted molar refractivity (Wildman–Crippen MR) is 179 cm³/mol. The van der Waals surface area contributed by atoms with E-state index in [-0.39, 0.29) is 29.3 Å². The molecule has 10 heteroatoms. The van der Waals surface area contributed by atoms with Gasteiger partial charge in [-0.2, -0.15) is 0 Å². The van der Waals surface area contributed by atoms with Crippen LogP contribution in [0.3, 0.4) is 0 Å². The van der Waals surface area contributed by atoms with E-state index in [2.05, 4.69) is 21.0 Å². The number of para-hydroxylation sites is 2. The molecule has 6 rings (SSSR count). The van der Waals surface area contributed by atoms with Crippen LogP contribution in [0.25, 0.3) is 11.0 Å². The van der Waals surface area contributed by atoms with Crippen molar-refractivity contribution in [2.45, 2.75) is 38.8 Å². The van der Waals surface area contributed by atoms with Crippen LogP contribution in [-0.4, -0.2) is 51.5 Å². The number of hydrogen-bond acceptors (Lipinski definition) is 5. The molecule has 2 aromatic heterocycles. The van der Waals surface area contributed by atoms with Gasteiger partial charge in [-0.1, -0.05) is 30.8 Å². The Balaban J connectivity index is 1.27. The lowest BCUT2D eigenvalue weighted by Crippen LogP contribution is -2.48. The van der Waals surface area contributed by atoms with Gasteiger partial charge in [0.1, 0.15) is 5.82 Å². The Labute approximate surface area is 272 Å². The van der Waals surface area contributed by atoms with Crippen LogP contribution < -0.4 is 9.80 Å². The molecule has 0 bridgehead atoms.